The van der Waals surface area contributed by atoms with Crippen LogP contribution in [0, 0.1) is 6.92 Å². The number of aromatic nitrogens is 1. The normalized spacial score (nSPS) is 12.4. The van der Waals surface area contributed by atoms with Crippen LogP contribution < -0.4 is 10.6 Å². The number of carbonyl (C=O) groups excluding carboxylic acids is 1. The molecule has 1 atom stereocenters. The van der Waals surface area contributed by atoms with Crippen LogP contribution in [0.5, 0.6) is 0 Å². The average Bonchev–Trinajstić information content (AvgIpc) is 2.78. The lowest BCUT2D eigenvalue weighted by Gasteiger charge is -2.11. The molecule has 2 N–H and O–H groups in total. The van der Waals surface area contributed by atoms with Crippen molar-refractivity contribution in [2.75, 3.05) is 26.8 Å². The number of amides is 1. The standard InChI is InChI=1S/C12H21N3O2S/c1-9-7-15-12(18-9)10(2)14-8-11(16)13-5-4-6-17-3/h7,10,14H,4-6,8H2,1-3H3,(H,13,16). The number of methoxy groups -OCH3 is 1. The monoisotopic (exact) mass is 271 g/mol. The van der Waals surface area contributed by atoms with Crippen molar-refractivity contribution in [3.8, 4) is 0 Å². The first-order valence-corrected chi connectivity index (χ1v) is 6.86. The molecule has 0 bridgehead atoms. The molecule has 0 radical (unpaired) electrons. The number of nitrogens with zero attached hydrogens (tertiary/aromatic N) is 1. The van der Waals surface area contributed by atoms with Gasteiger partial charge in [-0.3, -0.25) is 10.1 Å². The highest BCUT2D eigenvalue weighted by atomic mass is 32.1. The van der Waals surface area contributed by atoms with Crippen molar-refractivity contribution in [1.29, 1.82) is 0 Å². The van der Waals surface area contributed by atoms with Gasteiger partial charge < -0.3 is 10.1 Å². The first-order chi connectivity index (χ1) is 8.63. The Bertz CT molecular complexity index is 368. The summed E-state index contributed by atoms with van der Waals surface area (Å²) in [5.41, 5.74) is 0. The van der Waals surface area contributed by atoms with Gasteiger partial charge >= 0.3 is 0 Å². The van der Waals surface area contributed by atoms with Crippen LogP contribution in [0.3, 0.4) is 0 Å². The predicted octanol–water partition coefficient (Wildman–Crippen LogP) is 1.25. The molecule has 1 unspecified atom stereocenters. The lowest BCUT2D eigenvalue weighted by molar-refractivity contribution is -0.120. The van der Waals surface area contributed by atoms with Gasteiger partial charge in [0, 0.05) is 31.3 Å². The molecule has 0 aliphatic carbocycles. The number of thiazole rings is 1. The lowest BCUT2D eigenvalue weighted by Crippen LogP contribution is -2.35. The van der Waals surface area contributed by atoms with E-state index in [0.717, 1.165) is 11.4 Å². The van der Waals surface area contributed by atoms with Gasteiger partial charge in [-0.15, -0.1) is 11.3 Å². The minimum atomic E-state index is 0.00577. The molecule has 6 heteroatoms. The molecule has 1 heterocycles. The van der Waals surface area contributed by atoms with Crippen LogP contribution in [0.1, 0.15) is 29.3 Å². The summed E-state index contributed by atoms with van der Waals surface area (Å²) in [6, 6.07) is 0.105. The molecule has 0 aliphatic rings. The summed E-state index contributed by atoms with van der Waals surface area (Å²) < 4.78 is 4.91. The van der Waals surface area contributed by atoms with Crippen LogP contribution >= 0.6 is 11.3 Å². The van der Waals surface area contributed by atoms with Crippen molar-refractivity contribution >= 4 is 17.2 Å². The van der Waals surface area contributed by atoms with E-state index in [1.54, 1.807) is 18.4 Å². The fourth-order valence-corrected chi connectivity index (χ4v) is 2.21. The zero-order valence-electron chi connectivity index (χ0n) is 11.2. The Labute approximate surface area is 112 Å². The van der Waals surface area contributed by atoms with E-state index in [0.29, 0.717) is 19.7 Å². The van der Waals surface area contributed by atoms with E-state index in [-0.39, 0.29) is 11.9 Å². The fraction of sp³-hybridized carbons (Fsp3) is 0.667. The summed E-state index contributed by atoms with van der Waals surface area (Å²) >= 11 is 1.65. The Morgan fingerprint density at radius 2 is 2.39 bits per heavy atom. The van der Waals surface area contributed by atoms with Gasteiger partial charge in [-0.1, -0.05) is 0 Å². The van der Waals surface area contributed by atoms with E-state index in [9.17, 15) is 4.79 Å². The summed E-state index contributed by atoms with van der Waals surface area (Å²) in [4.78, 5) is 17.0. The average molecular weight is 271 g/mol. The first-order valence-electron chi connectivity index (χ1n) is 6.05. The molecule has 18 heavy (non-hydrogen) atoms. The Balaban J connectivity index is 2.18. The number of hydrogen-bond donors (Lipinski definition) is 2. The molecule has 1 rings (SSSR count). The van der Waals surface area contributed by atoms with Gasteiger partial charge in [0.15, 0.2) is 0 Å². The molecule has 102 valence electrons. The van der Waals surface area contributed by atoms with Crippen LogP contribution in [0.25, 0.3) is 0 Å². The second-order valence-corrected chi connectivity index (χ2v) is 5.37. The number of hydrogen-bond acceptors (Lipinski definition) is 5. The quantitative estimate of drug-likeness (QED) is 0.699. The molecule has 0 saturated carbocycles. The molecule has 0 spiro atoms. The molecule has 0 aromatic carbocycles. The molecule has 0 fully saturated rings. The summed E-state index contributed by atoms with van der Waals surface area (Å²) in [6.45, 7) is 5.67. The first kappa shape index (κ1) is 15.1. The second-order valence-electron chi connectivity index (χ2n) is 4.11. The molecule has 0 saturated heterocycles. The Hall–Kier alpha value is -0.980. The maximum absolute atomic E-state index is 11.5. The van der Waals surface area contributed by atoms with Crippen molar-refractivity contribution in [2.45, 2.75) is 26.3 Å². The van der Waals surface area contributed by atoms with E-state index in [2.05, 4.69) is 15.6 Å². The zero-order valence-corrected chi connectivity index (χ0v) is 12.0. The molecule has 1 aromatic rings. The third-order valence-corrected chi connectivity index (χ3v) is 3.52. The molecule has 1 amide bonds. The van der Waals surface area contributed by atoms with Gasteiger partial charge in [0.1, 0.15) is 5.01 Å². The smallest absolute Gasteiger partial charge is 0.233 e. The molecule has 1 aromatic heterocycles. The van der Waals surface area contributed by atoms with Crippen LogP contribution in [0.4, 0.5) is 0 Å². The van der Waals surface area contributed by atoms with Crippen LogP contribution in [0.15, 0.2) is 6.20 Å². The van der Waals surface area contributed by atoms with Crippen LogP contribution in [-0.2, 0) is 9.53 Å². The summed E-state index contributed by atoms with van der Waals surface area (Å²) in [7, 11) is 1.65. The highest BCUT2D eigenvalue weighted by molar-refractivity contribution is 7.11. The minimum Gasteiger partial charge on any atom is -0.385 e. The summed E-state index contributed by atoms with van der Waals surface area (Å²) in [5, 5.41) is 7.00. The van der Waals surface area contributed by atoms with E-state index < -0.39 is 0 Å². The molecule has 5 nitrogen and oxygen atoms in total. The minimum absolute atomic E-state index is 0.00577. The highest BCUT2D eigenvalue weighted by Crippen LogP contribution is 2.18. The Kier molecular flexibility index (Phi) is 6.85. The van der Waals surface area contributed by atoms with Crippen LogP contribution in [0.2, 0.25) is 0 Å². The van der Waals surface area contributed by atoms with E-state index >= 15 is 0 Å². The number of ether oxygens (including phenoxy) is 1. The number of carbonyl (C=O) groups is 1. The van der Waals surface area contributed by atoms with Crippen molar-refractivity contribution in [3.05, 3.63) is 16.1 Å². The van der Waals surface area contributed by atoms with E-state index in [4.69, 9.17) is 4.74 Å². The Morgan fingerprint density at radius 1 is 1.61 bits per heavy atom. The maximum atomic E-state index is 11.5. The van der Waals surface area contributed by atoms with E-state index in [1.165, 1.54) is 4.88 Å². The van der Waals surface area contributed by atoms with Crippen molar-refractivity contribution < 1.29 is 9.53 Å². The molecular formula is C12H21N3O2S. The largest absolute Gasteiger partial charge is 0.385 e. The molecule has 0 aliphatic heterocycles. The third kappa shape index (κ3) is 5.57. The van der Waals surface area contributed by atoms with Gasteiger partial charge in [0.2, 0.25) is 5.91 Å². The van der Waals surface area contributed by atoms with Gasteiger partial charge in [0.05, 0.1) is 12.6 Å². The van der Waals surface area contributed by atoms with Gasteiger partial charge in [-0.05, 0) is 20.3 Å². The maximum Gasteiger partial charge on any atom is 0.233 e. The number of nitrogens with one attached hydrogen (secondary N) is 2. The van der Waals surface area contributed by atoms with Crippen molar-refractivity contribution in [3.63, 3.8) is 0 Å². The third-order valence-electron chi connectivity index (χ3n) is 2.43. The Morgan fingerprint density at radius 3 is 3.00 bits per heavy atom. The van der Waals surface area contributed by atoms with Crippen LogP contribution in [-0.4, -0.2) is 37.7 Å². The summed E-state index contributed by atoms with van der Waals surface area (Å²) in [5.74, 6) is 0.00577. The molecular weight excluding hydrogens is 250 g/mol. The highest BCUT2D eigenvalue weighted by Gasteiger charge is 2.10. The lowest BCUT2D eigenvalue weighted by atomic mass is 10.3. The van der Waals surface area contributed by atoms with Gasteiger partial charge in [0.25, 0.3) is 0 Å². The van der Waals surface area contributed by atoms with E-state index in [1.807, 2.05) is 20.0 Å². The van der Waals surface area contributed by atoms with Gasteiger partial charge in [-0.25, -0.2) is 4.98 Å². The van der Waals surface area contributed by atoms with Crippen molar-refractivity contribution in [1.82, 2.24) is 15.6 Å². The van der Waals surface area contributed by atoms with Gasteiger partial charge in [-0.2, -0.15) is 0 Å². The zero-order chi connectivity index (χ0) is 13.4. The fourth-order valence-electron chi connectivity index (χ4n) is 1.41. The number of aryl methyl sites for hydroxylation is 1. The predicted molar refractivity (Wildman–Crippen MR) is 72.8 cm³/mol. The summed E-state index contributed by atoms with van der Waals surface area (Å²) in [6.07, 6.45) is 2.69. The van der Waals surface area contributed by atoms with Crippen molar-refractivity contribution in [2.24, 2.45) is 0 Å². The SMILES string of the molecule is COCCCNC(=O)CNC(C)c1ncc(C)s1. The number of rotatable bonds is 8. The topological polar surface area (TPSA) is 63.2 Å². The second kappa shape index (κ2) is 8.18.